The second-order valence-corrected chi connectivity index (χ2v) is 4.42. The van der Waals surface area contributed by atoms with Crippen molar-refractivity contribution in [1.29, 1.82) is 0 Å². The van der Waals surface area contributed by atoms with Crippen molar-refractivity contribution in [2.24, 2.45) is 0 Å². The predicted octanol–water partition coefficient (Wildman–Crippen LogP) is 2.90. The van der Waals surface area contributed by atoms with E-state index < -0.39 is 12.0 Å². The lowest BCUT2D eigenvalue weighted by atomic mass is 10.0. The summed E-state index contributed by atoms with van der Waals surface area (Å²) in [5, 5.41) is 12.3. The molecule has 1 aromatic rings. The van der Waals surface area contributed by atoms with Crippen LogP contribution >= 0.6 is 0 Å². The summed E-state index contributed by atoms with van der Waals surface area (Å²) in [4.78, 5) is 11.1. The van der Waals surface area contributed by atoms with Gasteiger partial charge in [0.25, 0.3) is 0 Å². The summed E-state index contributed by atoms with van der Waals surface area (Å²) in [5.74, 6) is -0.771. The second kappa shape index (κ2) is 6.40. The Hall–Kier alpha value is -1.35. The smallest absolute Gasteiger partial charge is 0.320 e. The highest BCUT2D eigenvalue weighted by molar-refractivity contribution is 5.73. The van der Waals surface area contributed by atoms with Crippen molar-refractivity contribution in [3.8, 4) is 0 Å². The molecule has 0 spiro atoms. The maximum atomic E-state index is 11.1. The van der Waals surface area contributed by atoms with E-state index in [-0.39, 0.29) is 6.04 Å². The minimum absolute atomic E-state index is 0.0591. The van der Waals surface area contributed by atoms with Crippen molar-refractivity contribution in [3.63, 3.8) is 0 Å². The summed E-state index contributed by atoms with van der Waals surface area (Å²) in [6, 6.07) is 7.65. The van der Waals surface area contributed by atoms with Crippen LogP contribution in [0.25, 0.3) is 0 Å². The quantitative estimate of drug-likeness (QED) is 0.797. The molecule has 0 bridgehead atoms. The summed E-state index contributed by atoms with van der Waals surface area (Å²) in [6.45, 7) is 6.05. The first-order valence-electron chi connectivity index (χ1n) is 6.10. The van der Waals surface area contributed by atoms with E-state index >= 15 is 0 Å². The molecule has 2 N–H and O–H groups in total. The van der Waals surface area contributed by atoms with Crippen LogP contribution in [0.3, 0.4) is 0 Å². The molecule has 3 nitrogen and oxygen atoms in total. The van der Waals surface area contributed by atoms with E-state index in [1.54, 1.807) is 0 Å². The Morgan fingerprint density at radius 1 is 1.41 bits per heavy atom. The van der Waals surface area contributed by atoms with E-state index in [1.165, 1.54) is 5.56 Å². The molecule has 17 heavy (non-hydrogen) atoms. The Labute approximate surface area is 103 Å². The number of hydrogen-bond acceptors (Lipinski definition) is 2. The molecular weight excluding hydrogens is 214 g/mol. The van der Waals surface area contributed by atoms with Crippen molar-refractivity contribution in [2.45, 2.75) is 45.7 Å². The number of carboxylic acids is 1. The monoisotopic (exact) mass is 235 g/mol. The molecule has 0 aliphatic heterocycles. The summed E-state index contributed by atoms with van der Waals surface area (Å²) in [6.07, 6.45) is 1.52. The summed E-state index contributed by atoms with van der Waals surface area (Å²) in [7, 11) is 0. The Morgan fingerprint density at radius 2 is 2.06 bits per heavy atom. The Kier molecular flexibility index (Phi) is 5.16. The van der Waals surface area contributed by atoms with Crippen LogP contribution in [-0.2, 0) is 4.79 Å². The fourth-order valence-electron chi connectivity index (χ4n) is 2.03. The zero-order valence-corrected chi connectivity index (χ0v) is 10.7. The van der Waals surface area contributed by atoms with Gasteiger partial charge in [-0.1, -0.05) is 37.6 Å². The number of carbonyl (C=O) groups is 1. The lowest BCUT2D eigenvalue weighted by Crippen LogP contribution is -2.38. The largest absolute Gasteiger partial charge is 0.480 e. The number of carboxylic acid groups (broad SMARTS) is 1. The van der Waals surface area contributed by atoms with E-state index in [9.17, 15) is 4.79 Å². The highest BCUT2D eigenvalue weighted by atomic mass is 16.4. The van der Waals surface area contributed by atoms with Gasteiger partial charge in [0.05, 0.1) is 0 Å². The second-order valence-electron chi connectivity index (χ2n) is 4.42. The normalized spacial score (nSPS) is 14.3. The Morgan fingerprint density at radius 3 is 2.59 bits per heavy atom. The van der Waals surface area contributed by atoms with Gasteiger partial charge in [-0.2, -0.15) is 0 Å². The standard InChI is InChI=1S/C14H21NO2/c1-4-7-13(14(16)17)15-11(3)12-9-6-5-8-10(12)2/h5-6,8-9,11,13,15H,4,7H2,1-3H3,(H,16,17)/t11-,13?/m0/s1. The molecule has 1 aromatic carbocycles. The molecule has 3 heteroatoms. The molecule has 0 aromatic heterocycles. The maximum Gasteiger partial charge on any atom is 0.320 e. The zero-order valence-electron chi connectivity index (χ0n) is 10.7. The molecule has 0 radical (unpaired) electrons. The molecule has 2 atom stereocenters. The predicted molar refractivity (Wildman–Crippen MR) is 69.1 cm³/mol. The van der Waals surface area contributed by atoms with Crippen molar-refractivity contribution in [1.82, 2.24) is 5.32 Å². The van der Waals surface area contributed by atoms with Crippen LogP contribution in [-0.4, -0.2) is 17.1 Å². The van der Waals surface area contributed by atoms with Crippen LogP contribution in [0, 0.1) is 6.92 Å². The highest BCUT2D eigenvalue weighted by Gasteiger charge is 2.19. The Balaban J connectivity index is 2.73. The third-order valence-corrected chi connectivity index (χ3v) is 2.98. The minimum atomic E-state index is -0.771. The number of rotatable bonds is 6. The SMILES string of the molecule is CCCC(N[C@@H](C)c1ccccc1C)C(=O)O. The fraction of sp³-hybridized carbons (Fsp3) is 0.500. The lowest BCUT2D eigenvalue weighted by molar-refractivity contribution is -0.139. The van der Waals surface area contributed by atoms with Crippen molar-refractivity contribution in [2.75, 3.05) is 0 Å². The number of hydrogen-bond donors (Lipinski definition) is 2. The van der Waals surface area contributed by atoms with Gasteiger partial charge in [0.1, 0.15) is 6.04 Å². The van der Waals surface area contributed by atoms with Gasteiger partial charge in [0.15, 0.2) is 0 Å². The maximum absolute atomic E-state index is 11.1. The molecule has 1 unspecified atom stereocenters. The summed E-state index contributed by atoms with van der Waals surface area (Å²) in [5.41, 5.74) is 2.35. The highest BCUT2D eigenvalue weighted by Crippen LogP contribution is 2.18. The van der Waals surface area contributed by atoms with Gasteiger partial charge in [0, 0.05) is 6.04 Å². The molecule has 0 saturated heterocycles. The van der Waals surface area contributed by atoms with Crippen LogP contribution in [0.1, 0.15) is 43.9 Å². The lowest BCUT2D eigenvalue weighted by Gasteiger charge is -2.21. The number of nitrogens with one attached hydrogen (secondary N) is 1. The average molecular weight is 235 g/mol. The first kappa shape index (κ1) is 13.7. The Bertz CT molecular complexity index is 376. The van der Waals surface area contributed by atoms with Crippen LogP contribution in [0.5, 0.6) is 0 Å². The molecule has 0 aliphatic rings. The van der Waals surface area contributed by atoms with Crippen LogP contribution < -0.4 is 5.32 Å². The third-order valence-electron chi connectivity index (χ3n) is 2.98. The van der Waals surface area contributed by atoms with Gasteiger partial charge in [-0.3, -0.25) is 10.1 Å². The molecular formula is C14H21NO2. The first-order chi connectivity index (χ1) is 8.06. The van der Waals surface area contributed by atoms with Gasteiger partial charge in [0.2, 0.25) is 0 Å². The molecule has 1 rings (SSSR count). The van der Waals surface area contributed by atoms with Crippen LogP contribution in [0.4, 0.5) is 0 Å². The van der Waals surface area contributed by atoms with Gasteiger partial charge in [-0.15, -0.1) is 0 Å². The van der Waals surface area contributed by atoms with Crippen LogP contribution in [0.15, 0.2) is 24.3 Å². The fourth-order valence-corrected chi connectivity index (χ4v) is 2.03. The van der Waals surface area contributed by atoms with Gasteiger partial charge in [-0.25, -0.2) is 0 Å². The summed E-state index contributed by atoms with van der Waals surface area (Å²) >= 11 is 0. The molecule has 0 amide bonds. The molecule has 0 saturated carbocycles. The van der Waals surface area contributed by atoms with E-state index in [1.807, 2.05) is 45.0 Å². The van der Waals surface area contributed by atoms with Crippen molar-refractivity contribution >= 4 is 5.97 Å². The number of benzene rings is 1. The van der Waals surface area contributed by atoms with E-state index in [0.717, 1.165) is 12.0 Å². The van der Waals surface area contributed by atoms with Crippen molar-refractivity contribution < 1.29 is 9.90 Å². The summed E-state index contributed by atoms with van der Waals surface area (Å²) < 4.78 is 0. The van der Waals surface area contributed by atoms with Crippen molar-refractivity contribution in [3.05, 3.63) is 35.4 Å². The molecule has 0 heterocycles. The average Bonchev–Trinajstić information content (AvgIpc) is 2.28. The molecule has 94 valence electrons. The number of aryl methyl sites for hydroxylation is 1. The third kappa shape index (κ3) is 3.86. The molecule has 0 aliphatic carbocycles. The van der Waals surface area contributed by atoms with Gasteiger partial charge in [-0.05, 0) is 31.4 Å². The molecule has 0 fully saturated rings. The van der Waals surface area contributed by atoms with Crippen LogP contribution in [0.2, 0.25) is 0 Å². The topological polar surface area (TPSA) is 49.3 Å². The first-order valence-corrected chi connectivity index (χ1v) is 6.10. The van der Waals surface area contributed by atoms with Gasteiger partial charge >= 0.3 is 5.97 Å². The minimum Gasteiger partial charge on any atom is -0.480 e. The van der Waals surface area contributed by atoms with Gasteiger partial charge < -0.3 is 5.11 Å². The number of aliphatic carboxylic acids is 1. The zero-order chi connectivity index (χ0) is 12.8. The van der Waals surface area contributed by atoms with E-state index in [4.69, 9.17) is 5.11 Å². The van der Waals surface area contributed by atoms with E-state index in [2.05, 4.69) is 5.32 Å². The van der Waals surface area contributed by atoms with E-state index in [0.29, 0.717) is 6.42 Å².